The summed E-state index contributed by atoms with van der Waals surface area (Å²) in [5.74, 6) is -0.232. The lowest BCUT2D eigenvalue weighted by molar-refractivity contribution is -0.385. The molecule has 0 saturated carbocycles. The monoisotopic (exact) mass is 460 g/mol. The number of sulfone groups is 1. The van der Waals surface area contributed by atoms with E-state index in [1.165, 1.54) is 29.7 Å². The number of amides is 1. The van der Waals surface area contributed by atoms with Gasteiger partial charge in [-0.3, -0.25) is 14.9 Å². The quantitative estimate of drug-likeness (QED) is 0.434. The Morgan fingerprint density at radius 3 is 2.45 bits per heavy atom. The zero-order valence-electron chi connectivity index (χ0n) is 16.9. The van der Waals surface area contributed by atoms with Crippen LogP contribution in [0.4, 0.5) is 10.8 Å². The molecule has 1 fully saturated rings. The smallest absolute Gasteiger partial charge is 0.273 e. The maximum Gasteiger partial charge on any atom is 0.273 e. The number of nitrogens with zero attached hydrogens (tertiary/aromatic N) is 4. The molecule has 9 nitrogen and oxygen atoms in total. The van der Waals surface area contributed by atoms with Gasteiger partial charge in [0.15, 0.2) is 15.0 Å². The number of carbonyl (C=O) groups excluding carboxylic acids is 1. The summed E-state index contributed by atoms with van der Waals surface area (Å²) in [5.41, 5.74) is 1.09. The molecule has 0 unspecified atom stereocenters. The number of hydrogen-bond acceptors (Lipinski definition) is 8. The molecule has 1 amide bonds. The minimum atomic E-state index is -3.39. The molecule has 1 aliphatic rings. The summed E-state index contributed by atoms with van der Waals surface area (Å²) in [6, 6.07) is 9.63. The number of nitro benzene ring substituents is 1. The average Bonchev–Trinajstić information content (AvgIpc) is 3.17. The molecule has 2 heterocycles. The van der Waals surface area contributed by atoms with E-state index >= 15 is 0 Å². The molecule has 3 aromatic rings. The Morgan fingerprint density at radius 2 is 1.81 bits per heavy atom. The van der Waals surface area contributed by atoms with E-state index in [0.29, 0.717) is 48.0 Å². The molecular formula is C20H20N4O5S2. The SMILES string of the molecule is Cc1c(C(=O)N2CCN(c3nc4c(S(C)(=O)=O)cccc4s3)CC2)cccc1[N+](=O)[O-]. The standard InChI is InChI=1S/C20H20N4O5S2/c1-13-14(5-3-6-15(13)24(26)27)19(25)22-9-11-23(12-10-22)20-21-18-16(30-20)7-4-8-17(18)31(2,28)29/h3-8H,9-12H2,1-2H3. The van der Waals surface area contributed by atoms with Gasteiger partial charge >= 0.3 is 0 Å². The van der Waals surface area contributed by atoms with E-state index < -0.39 is 14.8 Å². The highest BCUT2D eigenvalue weighted by Gasteiger charge is 2.27. The summed E-state index contributed by atoms with van der Waals surface area (Å²) in [6.07, 6.45) is 1.17. The lowest BCUT2D eigenvalue weighted by atomic mass is 10.1. The second kappa shape index (κ2) is 7.89. The number of piperazine rings is 1. The molecule has 0 radical (unpaired) electrons. The highest BCUT2D eigenvalue weighted by molar-refractivity contribution is 7.91. The van der Waals surface area contributed by atoms with Crippen LogP contribution in [0, 0.1) is 17.0 Å². The predicted molar refractivity (Wildman–Crippen MR) is 119 cm³/mol. The van der Waals surface area contributed by atoms with Crippen LogP contribution in [0.15, 0.2) is 41.3 Å². The van der Waals surface area contributed by atoms with Crippen LogP contribution in [0.5, 0.6) is 0 Å². The van der Waals surface area contributed by atoms with Crippen LogP contribution in [0.3, 0.4) is 0 Å². The first-order valence-corrected chi connectivity index (χ1v) is 12.3. The Kier molecular flexibility index (Phi) is 5.40. The number of fused-ring (bicyclic) bond motifs is 1. The van der Waals surface area contributed by atoms with Gasteiger partial charge in [0.1, 0.15) is 5.52 Å². The minimum Gasteiger partial charge on any atom is -0.345 e. The maximum atomic E-state index is 12.9. The first-order valence-electron chi connectivity index (χ1n) is 9.54. The van der Waals surface area contributed by atoms with E-state index in [1.807, 2.05) is 11.0 Å². The molecular weight excluding hydrogens is 440 g/mol. The fourth-order valence-electron chi connectivity index (χ4n) is 3.67. The van der Waals surface area contributed by atoms with Crippen LogP contribution in [0.25, 0.3) is 10.2 Å². The average molecular weight is 461 g/mol. The third-order valence-electron chi connectivity index (χ3n) is 5.34. The van der Waals surface area contributed by atoms with Gasteiger partial charge in [0, 0.05) is 49.6 Å². The third-order valence-corrected chi connectivity index (χ3v) is 7.55. The second-order valence-electron chi connectivity index (χ2n) is 7.36. The highest BCUT2D eigenvalue weighted by Crippen LogP contribution is 2.33. The number of carbonyl (C=O) groups is 1. The molecule has 0 atom stereocenters. The van der Waals surface area contributed by atoms with Crippen molar-refractivity contribution in [3.8, 4) is 0 Å². The lowest BCUT2D eigenvalue weighted by Crippen LogP contribution is -2.48. The van der Waals surface area contributed by atoms with Gasteiger partial charge in [-0.15, -0.1) is 0 Å². The fraction of sp³-hybridized carbons (Fsp3) is 0.300. The number of anilines is 1. The van der Waals surface area contributed by atoms with Crippen molar-refractivity contribution in [1.82, 2.24) is 9.88 Å². The molecule has 0 spiro atoms. The molecule has 2 aromatic carbocycles. The van der Waals surface area contributed by atoms with E-state index in [-0.39, 0.29) is 16.5 Å². The van der Waals surface area contributed by atoms with E-state index in [2.05, 4.69) is 4.98 Å². The van der Waals surface area contributed by atoms with Gasteiger partial charge in [0.2, 0.25) is 0 Å². The molecule has 162 valence electrons. The number of para-hydroxylation sites is 1. The second-order valence-corrected chi connectivity index (χ2v) is 10.4. The number of benzene rings is 2. The molecule has 31 heavy (non-hydrogen) atoms. The van der Waals surface area contributed by atoms with Gasteiger partial charge in [0.25, 0.3) is 11.6 Å². The van der Waals surface area contributed by atoms with Gasteiger partial charge in [-0.1, -0.05) is 23.5 Å². The van der Waals surface area contributed by atoms with Crippen molar-refractivity contribution in [1.29, 1.82) is 0 Å². The summed E-state index contributed by atoms with van der Waals surface area (Å²) in [5, 5.41) is 11.9. The van der Waals surface area contributed by atoms with E-state index in [0.717, 1.165) is 4.70 Å². The van der Waals surface area contributed by atoms with E-state index in [9.17, 15) is 23.3 Å². The van der Waals surface area contributed by atoms with Crippen molar-refractivity contribution in [3.05, 3.63) is 57.6 Å². The van der Waals surface area contributed by atoms with Gasteiger partial charge < -0.3 is 9.80 Å². The van der Waals surface area contributed by atoms with Crippen molar-refractivity contribution in [2.75, 3.05) is 37.3 Å². The fourth-order valence-corrected chi connectivity index (χ4v) is 5.61. The molecule has 1 aromatic heterocycles. The molecule has 0 aliphatic carbocycles. The highest BCUT2D eigenvalue weighted by atomic mass is 32.2. The zero-order valence-corrected chi connectivity index (χ0v) is 18.6. The molecule has 11 heteroatoms. The van der Waals surface area contributed by atoms with Crippen molar-refractivity contribution < 1.29 is 18.1 Å². The Labute approximate surface area is 183 Å². The van der Waals surface area contributed by atoms with Crippen molar-refractivity contribution >= 4 is 48.1 Å². The number of hydrogen-bond donors (Lipinski definition) is 0. The number of nitro groups is 1. The normalized spacial score (nSPS) is 14.8. The summed E-state index contributed by atoms with van der Waals surface area (Å²) in [7, 11) is -3.39. The number of aromatic nitrogens is 1. The Balaban J connectivity index is 1.53. The van der Waals surface area contributed by atoms with E-state index in [4.69, 9.17) is 0 Å². The summed E-state index contributed by atoms with van der Waals surface area (Å²) in [6.45, 7) is 3.54. The topological polar surface area (TPSA) is 114 Å². The first kappa shape index (κ1) is 21.2. The van der Waals surface area contributed by atoms with Crippen LogP contribution in [0.2, 0.25) is 0 Å². The van der Waals surface area contributed by atoms with Crippen molar-refractivity contribution in [2.45, 2.75) is 11.8 Å². The van der Waals surface area contributed by atoms with Crippen molar-refractivity contribution in [2.24, 2.45) is 0 Å². The number of rotatable bonds is 4. The molecule has 1 aliphatic heterocycles. The Hall–Kier alpha value is -3.05. The van der Waals surface area contributed by atoms with Crippen LogP contribution < -0.4 is 4.90 Å². The van der Waals surface area contributed by atoms with Gasteiger partial charge in [-0.05, 0) is 25.1 Å². The summed E-state index contributed by atoms with van der Waals surface area (Å²) < 4.78 is 24.9. The maximum absolute atomic E-state index is 12.9. The van der Waals surface area contributed by atoms with Crippen LogP contribution >= 0.6 is 11.3 Å². The zero-order chi connectivity index (χ0) is 22.3. The Morgan fingerprint density at radius 1 is 1.13 bits per heavy atom. The molecule has 0 N–H and O–H groups in total. The van der Waals surface area contributed by atoms with Gasteiger partial charge in [0.05, 0.1) is 14.5 Å². The van der Waals surface area contributed by atoms with Gasteiger partial charge in [-0.25, -0.2) is 13.4 Å². The summed E-state index contributed by atoms with van der Waals surface area (Å²) in [4.78, 5) is 32.1. The largest absolute Gasteiger partial charge is 0.345 e. The van der Waals surface area contributed by atoms with Crippen molar-refractivity contribution in [3.63, 3.8) is 0 Å². The van der Waals surface area contributed by atoms with E-state index in [1.54, 1.807) is 30.0 Å². The third kappa shape index (κ3) is 3.98. The molecule has 0 bridgehead atoms. The van der Waals surface area contributed by atoms with Crippen LogP contribution in [-0.4, -0.2) is 61.6 Å². The first-order chi connectivity index (χ1) is 14.7. The Bertz CT molecular complexity index is 1290. The van der Waals surface area contributed by atoms with Crippen LogP contribution in [0.1, 0.15) is 15.9 Å². The molecule has 4 rings (SSSR count). The minimum absolute atomic E-state index is 0.0688. The summed E-state index contributed by atoms with van der Waals surface area (Å²) >= 11 is 1.42. The predicted octanol–water partition coefficient (Wildman–Crippen LogP) is 2.88. The molecule has 1 saturated heterocycles. The number of thiazole rings is 1. The van der Waals surface area contributed by atoms with Crippen LogP contribution in [-0.2, 0) is 9.84 Å². The lowest BCUT2D eigenvalue weighted by Gasteiger charge is -2.34. The van der Waals surface area contributed by atoms with Gasteiger partial charge in [-0.2, -0.15) is 0 Å².